The Labute approximate surface area is 150 Å². The molecule has 0 aliphatic heterocycles. The summed E-state index contributed by atoms with van der Waals surface area (Å²) in [6.07, 6.45) is 3.35. The van der Waals surface area contributed by atoms with E-state index in [1.54, 1.807) is 7.11 Å². The summed E-state index contributed by atoms with van der Waals surface area (Å²) in [5.41, 5.74) is 1.27. The monoisotopic (exact) mass is 341 g/mol. The second kappa shape index (κ2) is 10.4. The van der Waals surface area contributed by atoms with Crippen LogP contribution in [-0.2, 0) is 11.2 Å². The first-order chi connectivity index (χ1) is 12.2. The van der Waals surface area contributed by atoms with Crippen LogP contribution < -0.4 is 14.8 Å². The first kappa shape index (κ1) is 18.8. The van der Waals surface area contributed by atoms with Gasteiger partial charge in [0.1, 0.15) is 17.6 Å². The van der Waals surface area contributed by atoms with Gasteiger partial charge in [0.25, 0.3) is 0 Å². The van der Waals surface area contributed by atoms with E-state index in [0.717, 1.165) is 30.8 Å². The van der Waals surface area contributed by atoms with Crippen molar-refractivity contribution in [2.45, 2.75) is 38.7 Å². The quantitative estimate of drug-likeness (QED) is 0.665. The molecule has 0 aliphatic carbocycles. The Hall–Kier alpha value is -2.49. The third kappa shape index (κ3) is 7.29. The molecule has 4 nitrogen and oxygen atoms in total. The molecule has 0 heterocycles. The predicted octanol–water partition coefficient (Wildman–Crippen LogP) is 3.99. The lowest BCUT2D eigenvalue weighted by Crippen LogP contribution is -2.33. The molecule has 1 unspecified atom stereocenters. The van der Waals surface area contributed by atoms with E-state index in [1.165, 1.54) is 5.56 Å². The zero-order valence-electron chi connectivity index (χ0n) is 15.0. The Balaban J connectivity index is 1.57. The number of para-hydroxylation sites is 1. The van der Waals surface area contributed by atoms with Crippen LogP contribution in [0.2, 0.25) is 0 Å². The summed E-state index contributed by atoms with van der Waals surface area (Å²) in [6.45, 7) is 2.48. The summed E-state index contributed by atoms with van der Waals surface area (Å²) in [6, 6.07) is 17.7. The Morgan fingerprint density at radius 1 is 1.00 bits per heavy atom. The van der Waals surface area contributed by atoms with Crippen molar-refractivity contribution in [1.82, 2.24) is 5.32 Å². The maximum atomic E-state index is 11.9. The first-order valence-electron chi connectivity index (χ1n) is 8.78. The molecule has 1 atom stereocenters. The number of nitrogens with one attached hydrogen (secondary N) is 1. The Morgan fingerprint density at radius 3 is 2.40 bits per heavy atom. The molecule has 134 valence electrons. The molecule has 0 radical (unpaired) electrons. The fourth-order valence-electron chi connectivity index (χ4n) is 2.53. The standard InChI is InChI=1S/C21H27NO3/c1-17(25-20-9-4-3-5-10-20)16-22-21(23)11-7-6-8-18-12-14-19(24-2)15-13-18/h3-5,9-10,12-15,17H,6-8,11,16H2,1-2H3,(H,22,23). The maximum absolute atomic E-state index is 11.9. The summed E-state index contributed by atoms with van der Waals surface area (Å²) < 4.78 is 10.9. The number of ether oxygens (including phenoxy) is 2. The lowest BCUT2D eigenvalue weighted by molar-refractivity contribution is -0.121. The van der Waals surface area contributed by atoms with Gasteiger partial charge in [-0.05, 0) is 56.0 Å². The number of methoxy groups -OCH3 is 1. The third-order valence-corrected chi connectivity index (χ3v) is 3.95. The van der Waals surface area contributed by atoms with Crippen molar-refractivity contribution in [1.29, 1.82) is 0 Å². The lowest BCUT2D eigenvalue weighted by Gasteiger charge is -2.15. The molecule has 0 aliphatic rings. The molecule has 4 heteroatoms. The van der Waals surface area contributed by atoms with Crippen molar-refractivity contribution < 1.29 is 14.3 Å². The topological polar surface area (TPSA) is 47.6 Å². The molecule has 0 aromatic heterocycles. The Bertz CT molecular complexity index is 625. The van der Waals surface area contributed by atoms with E-state index in [9.17, 15) is 4.79 Å². The number of amides is 1. The smallest absolute Gasteiger partial charge is 0.220 e. The third-order valence-electron chi connectivity index (χ3n) is 3.95. The highest BCUT2D eigenvalue weighted by Gasteiger charge is 2.07. The van der Waals surface area contributed by atoms with Gasteiger partial charge in [0.15, 0.2) is 0 Å². The fraction of sp³-hybridized carbons (Fsp3) is 0.381. The number of benzene rings is 2. The summed E-state index contributed by atoms with van der Waals surface area (Å²) >= 11 is 0. The number of carbonyl (C=O) groups excluding carboxylic acids is 1. The van der Waals surface area contributed by atoms with Gasteiger partial charge in [0, 0.05) is 6.42 Å². The van der Waals surface area contributed by atoms with Crippen molar-refractivity contribution >= 4 is 5.91 Å². The van der Waals surface area contributed by atoms with Crippen molar-refractivity contribution in [3.8, 4) is 11.5 Å². The molecule has 0 bridgehead atoms. The number of aryl methyl sites for hydroxylation is 1. The second-order valence-electron chi connectivity index (χ2n) is 6.10. The van der Waals surface area contributed by atoms with E-state index in [0.29, 0.717) is 13.0 Å². The van der Waals surface area contributed by atoms with E-state index in [-0.39, 0.29) is 12.0 Å². The largest absolute Gasteiger partial charge is 0.497 e. The number of unbranched alkanes of at least 4 members (excludes halogenated alkanes) is 1. The SMILES string of the molecule is COc1ccc(CCCCC(=O)NCC(C)Oc2ccccc2)cc1. The molecule has 1 N–H and O–H groups in total. The van der Waals surface area contributed by atoms with Crippen molar-refractivity contribution in [2.24, 2.45) is 0 Å². The van der Waals surface area contributed by atoms with Crippen molar-refractivity contribution in [2.75, 3.05) is 13.7 Å². The predicted molar refractivity (Wildman–Crippen MR) is 100 cm³/mol. The highest BCUT2D eigenvalue weighted by molar-refractivity contribution is 5.75. The average molecular weight is 341 g/mol. The molecule has 2 aromatic rings. The highest BCUT2D eigenvalue weighted by Crippen LogP contribution is 2.14. The second-order valence-corrected chi connectivity index (χ2v) is 6.10. The molecule has 0 saturated carbocycles. The van der Waals surface area contributed by atoms with Crippen LogP contribution in [0.25, 0.3) is 0 Å². The average Bonchev–Trinajstić information content (AvgIpc) is 2.65. The van der Waals surface area contributed by atoms with E-state index in [4.69, 9.17) is 9.47 Å². The van der Waals surface area contributed by atoms with Gasteiger partial charge >= 0.3 is 0 Å². The van der Waals surface area contributed by atoms with Crippen molar-refractivity contribution in [3.63, 3.8) is 0 Å². The highest BCUT2D eigenvalue weighted by atomic mass is 16.5. The zero-order valence-corrected chi connectivity index (χ0v) is 15.0. The van der Waals surface area contributed by atoms with E-state index < -0.39 is 0 Å². The molecule has 25 heavy (non-hydrogen) atoms. The van der Waals surface area contributed by atoms with Gasteiger partial charge in [-0.15, -0.1) is 0 Å². The Morgan fingerprint density at radius 2 is 1.72 bits per heavy atom. The zero-order chi connectivity index (χ0) is 17.9. The van der Waals surface area contributed by atoms with Gasteiger partial charge in [-0.1, -0.05) is 30.3 Å². The molecule has 1 amide bonds. The van der Waals surface area contributed by atoms with E-state index in [1.807, 2.05) is 49.4 Å². The summed E-state index contributed by atoms with van der Waals surface area (Å²) in [7, 11) is 1.67. The van der Waals surface area contributed by atoms with Crippen LogP contribution in [-0.4, -0.2) is 25.7 Å². The van der Waals surface area contributed by atoms with Gasteiger partial charge < -0.3 is 14.8 Å². The van der Waals surface area contributed by atoms with Crippen LogP contribution in [0, 0.1) is 0 Å². The molecule has 0 spiro atoms. The van der Waals surface area contributed by atoms with Gasteiger partial charge in [0.2, 0.25) is 5.91 Å². The van der Waals surface area contributed by atoms with Crippen molar-refractivity contribution in [3.05, 3.63) is 60.2 Å². The van der Waals surface area contributed by atoms with Crippen LogP contribution in [0.3, 0.4) is 0 Å². The van der Waals surface area contributed by atoms with Gasteiger partial charge in [0.05, 0.1) is 13.7 Å². The molecule has 2 aromatic carbocycles. The van der Waals surface area contributed by atoms with E-state index in [2.05, 4.69) is 17.4 Å². The van der Waals surface area contributed by atoms with Crippen LogP contribution in [0.15, 0.2) is 54.6 Å². The number of hydrogen-bond donors (Lipinski definition) is 1. The summed E-state index contributed by atoms with van der Waals surface area (Å²) in [5.74, 6) is 1.77. The van der Waals surface area contributed by atoms with Gasteiger partial charge in [-0.25, -0.2) is 0 Å². The number of carbonyl (C=O) groups is 1. The van der Waals surface area contributed by atoms with Crippen LogP contribution in [0.4, 0.5) is 0 Å². The fourth-order valence-corrected chi connectivity index (χ4v) is 2.53. The normalized spacial score (nSPS) is 11.6. The summed E-state index contributed by atoms with van der Waals surface area (Å²) in [4.78, 5) is 11.9. The van der Waals surface area contributed by atoms with Crippen LogP contribution >= 0.6 is 0 Å². The minimum Gasteiger partial charge on any atom is -0.497 e. The number of hydrogen-bond acceptors (Lipinski definition) is 3. The van der Waals surface area contributed by atoms with Gasteiger partial charge in [-0.2, -0.15) is 0 Å². The maximum Gasteiger partial charge on any atom is 0.220 e. The van der Waals surface area contributed by atoms with Crippen LogP contribution in [0.5, 0.6) is 11.5 Å². The number of rotatable bonds is 10. The molecule has 2 rings (SSSR count). The summed E-state index contributed by atoms with van der Waals surface area (Å²) in [5, 5.41) is 2.94. The lowest BCUT2D eigenvalue weighted by atomic mass is 10.1. The van der Waals surface area contributed by atoms with E-state index >= 15 is 0 Å². The Kier molecular flexibility index (Phi) is 7.83. The molecule has 0 saturated heterocycles. The molecule has 0 fully saturated rings. The van der Waals surface area contributed by atoms with Gasteiger partial charge in [-0.3, -0.25) is 4.79 Å². The molecular weight excluding hydrogens is 314 g/mol. The van der Waals surface area contributed by atoms with Crippen LogP contribution in [0.1, 0.15) is 31.7 Å². The first-order valence-corrected chi connectivity index (χ1v) is 8.78. The minimum atomic E-state index is -0.0503. The molecular formula is C21H27NO3. The minimum absolute atomic E-state index is 0.0503.